The molecule has 0 spiro atoms. The molecule has 0 aliphatic carbocycles. The predicted octanol–water partition coefficient (Wildman–Crippen LogP) is 5.64. The predicted molar refractivity (Wildman–Crippen MR) is 128 cm³/mol. The first-order valence-corrected chi connectivity index (χ1v) is 12.0. The summed E-state index contributed by atoms with van der Waals surface area (Å²) in [5, 5.41) is 14.5. The van der Waals surface area contributed by atoms with Crippen molar-refractivity contribution in [2.75, 3.05) is 0 Å². The summed E-state index contributed by atoms with van der Waals surface area (Å²) in [6.07, 6.45) is 6.25. The Morgan fingerprint density at radius 1 is 1.09 bits per heavy atom. The van der Waals surface area contributed by atoms with Gasteiger partial charge in [-0.25, -0.2) is 8.42 Å². The molecule has 0 bridgehead atoms. The monoisotopic (exact) mass is 494 g/mol. The van der Waals surface area contributed by atoms with E-state index in [4.69, 9.17) is 23.2 Å². The van der Waals surface area contributed by atoms with Crippen LogP contribution in [0.5, 0.6) is 0 Å². The largest absolute Gasteiger partial charge is 0.267 e. The summed E-state index contributed by atoms with van der Waals surface area (Å²) in [6.45, 7) is 0.469. The number of nitriles is 1. The molecule has 0 radical (unpaired) electrons. The number of nitrogens with zero attached hydrogens (tertiary/aromatic N) is 4. The summed E-state index contributed by atoms with van der Waals surface area (Å²) in [7, 11) is -4.22. The molecule has 0 aliphatic heterocycles. The van der Waals surface area contributed by atoms with Crippen LogP contribution in [0.1, 0.15) is 11.1 Å². The fourth-order valence-corrected chi connectivity index (χ4v) is 5.14. The van der Waals surface area contributed by atoms with E-state index in [1.807, 2.05) is 36.4 Å². The highest BCUT2D eigenvalue weighted by molar-refractivity contribution is 7.95. The van der Waals surface area contributed by atoms with Gasteiger partial charge in [-0.2, -0.15) is 10.4 Å². The normalized spacial score (nSPS) is 11.8. The van der Waals surface area contributed by atoms with E-state index in [0.29, 0.717) is 23.4 Å². The minimum atomic E-state index is -4.22. The molecule has 2 aromatic heterocycles. The van der Waals surface area contributed by atoms with Gasteiger partial charge in [0.1, 0.15) is 16.7 Å². The topological polar surface area (TPSA) is 88.6 Å². The van der Waals surface area contributed by atoms with Crippen molar-refractivity contribution in [2.24, 2.45) is 0 Å². The molecule has 0 N–H and O–H groups in total. The fourth-order valence-electron chi connectivity index (χ4n) is 3.23. The first-order chi connectivity index (χ1) is 15.9. The van der Waals surface area contributed by atoms with E-state index in [0.717, 1.165) is 5.56 Å². The molecule has 2 heterocycles. The second-order valence-corrected chi connectivity index (χ2v) is 9.79. The SMILES string of the molecule is N#CC(=Cc1cn(Cc2ccccc2)nc1-c1cccnc1)S(=O)(=O)c1cc(Cl)ccc1Cl. The maximum atomic E-state index is 13.2. The first kappa shape index (κ1) is 22.7. The number of rotatable bonds is 6. The molecule has 33 heavy (non-hydrogen) atoms. The van der Waals surface area contributed by atoms with Crippen molar-refractivity contribution in [1.82, 2.24) is 14.8 Å². The van der Waals surface area contributed by atoms with Crippen LogP contribution in [0.25, 0.3) is 17.3 Å². The fraction of sp³-hybridized carbons (Fsp3) is 0.0417. The molecule has 4 aromatic rings. The van der Waals surface area contributed by atoms with E-state index in [1.165, 1.54) is 24.3 Å². The van der Waals surface area contributed by atoms with Gasteiger partial charge in [-0.15, -0.1) is 0 Å². The van der Waals surface area contributed by atoms with Crippen molar-refractivity contribution in [3.05, 3.63) is 105 Å². The third kappa shape index (κ3) is 4.99. The summed E-state index contributed by atoms with van der Waals surface area (Å²) in [5.41, 5.74) is 2.66. The molecule has 0 atom stereocenters. The van der Waals surface area contributed by atoms with Gasteiger partial charge in [-0.3, -0.25) is 9.67 Å². The van der Waals surface area contributed by atoms with Crippen molar-refractivity contribution in [3.63, 3.8) is 0 Å². The van der Waals surface area contributed by atoms with Crippen molar-refractivity contribution < 1.29 is 8.42 Å². The molecule has 0 saturated carbocycles. The number of hydrogen-bond donors (Lipinski definition) is 0. The van der Waals surface area contributed by atoms with Crippen LogP contribution < -0.4 is 0 Å². The minimum Gasteiger partial charge on any atom is -0.267 e. The van der Waals surface area contributed by atoms with Crippen molar-refractivity contribution in [3.8, 4) is 17.3 Å². The summed E-state index contributed by atoms with van der Waals surface area (Å²) >= 11 is 12.1. The van der Waals surface area contributed by atoms with Crippen LogP contribution in [0.15, 0.2) is 89.1 Å². The van der Waals surface area contributed by atoms with Gasteiger partial charge in [0.05, 0.1) is 16.5 Å². The molecular formula is C24H16Cl2N4O2S. The Hall–Kier alpha value is -3.44. The smallest absolute Gasteiger partial charge is 0.218 e. The minimum absolute atomic E-state index is 0.0206. The van der Waals surface area contributed by atoms with E-state index >= 15 is 0 Å². The lowest BCUT2D eigenvalue weighted by atomic mass is 10.1. The van der Waals surface area contributed by atoms with E-state index in [1.54, 1.807) is 35.4 Å². The maximum absolute atomic E-state index is 13.2. The zero-order chi connectivity index (χ0) is 23.4. The molecule has 2 aromatic carbocycles. The van der Waals surface area contributed by atoms with Crippen LogP contribution in [-0.2, 0) is 16.4 Å². The van der Waals surface area contributed by atoms with E-state index in [9.17, 15) is 13.7 Å². The number of hydrogen-bond acceptors (Lipinski definition) is 5. The summed E-state index contributed by atoms with van der Waals surface area (Å²) in [6, 6.07) is 19.2. The van der Waals surface area contributed by atoms with E-state index in [2.05, 4.69) is 10.1 Å². The number of allylic oxidation sites excluding steroid dienone is 1. The Balaban J connectivity index is 1.84. The highest BCUT2D eigenvalue weighted by Gasteiger charge is 2.25. The van der Waals surface area contributed by atoms with Gasteiger partial charge >= 0.3 is 0 Å². The number of halogens is 2. The number of sulfone groups is 1. The number of aromatic nitrogens is 3. The second-order valence-electron chi connectivity index (χ2n) is 7.06. The van der Waals surface area contributed by atoms with Crippen molar-refractivity contribution in [2.45, 2.75) is 11.4 Å². The number of benzene rings is 2. The van der Waals surface area contributed by atoms with Gasteiger partial charge in [-0.1, -0.05) is 53.5 Å². The zero-order valence-corrected chi connectivity index (χ0v) is 19.4. The molecule has 6 nitrogen and oxygen atoms in total. The standard InChI is InChI=1S/C24H16Cl2N4O2S/c25-20-8-9-22(26)23(12-20)33(31,32)21(13-27)11-19-16-30(15-17-5-2-1-3-6-17)29-24(19)18-7-4-10-28-14-18/h1-12,14,16H,15H2. The highest BCUT2D eigenvalue weighted by Crippen LogP contribution is 2.31. The van der Waals surface area contributed by atoms with Gasteiger partial charge < -0.3 is 0 Å². The summed E-state index contributed by atoms with van der Waals surface area (Å²) < 4.78 is 28.1. The molecule has 0 saturated heterocycles. The Kier molecular flexibility index (Phi) is 6.61. The second kappa shape index (κ2) is 9.59. The van der Waals surface area contributed by atoms with Crippen molar-refractivity contribution >= 4 is 39.1 Å². The van der Waals surface area contributed by atoms with Gasteiger partial charge in [0.2, 0.25) is 9.84 Å². The Morgan fingerprint density at radius 2 is 1.88 bits per heavy atom. The summed E-state index contributed by atoms with van der Waals surface area (Å²) in [5.74, 6) is 0. The summed E-state index contributed by atoms with van der Waals surface area (Å²) in [4.78, 5) is 3.42. The van der Waals surface area contributed by atoms with Gasteiger partial charge in [0.25, 0.3) is 0 Å². The van der Waals surface area contributed by atoms with Crippen LogP contribution in [0, 0.1) is 11.3 Å². The van der Waals surface area contributed by atoms with Crippen LogP contribution in [0.4, 0.5) is 0 Å². The third-order valence-corrected chi connectivity index (χ3v) is 7.16. The van der Waals surface area contributed by atoms with Gasteiger partial charge in [0, 0.05) is 34.7 Å². The molecule has 0 aliphatic rings. The number of pyridine rings is 1. The Bertz CT molecular complexity index is 1480. The van der Waals surface area contributed by atoms with Crippen molar-refractivity contribution in [1.29, 1.82) is 5.26 Å². The molecule has 4 rings (SSSR count). The van der Waals surface area contributed by atoms with Crippen LogP contribution >= 0.6 is 23.2 Å². The lowest BCUT2D eigenvalue weighted by Gasteiger charge is -2.06. The van der Waals surface area contributed by atoms with Crippen LogP contribution in [0.3, 0.4) is 0 Å². The third-order valence-electron chi connectivity index (χ3n) is 4.78. The van der Waals surface area contributed by atoms with Crippen LogP contribution in [-0.4, -0.2) is 23.2 Å². The highest BCUT2D eigenvalue weighted by atomic mass is 35.5. The molecule has 164 valence electrons. The lowest BCUT2D eigenvalue weighted by Crippen LogP contribution is -2.04. The molecule has 0 fully saturated rings. The average Bonchev–Trinajstić information content (AvgIpc) is 3.22. The lowest BCUT2D eigenvalue weighted by molar-refractivity contribution is 0.603. The van der Waals surface area contributed by atoms with E-state index in [-0.39, 0.29) is 14.9 Å². The Morgan fingerprint density at radius 3 is 2.58 bits per heavy atom. The first-order valence-electron chi connectivity index (χ1n) is 9.72. The molecule has 0 amide bonds. The Labute approximate surface area is 201 Å². The van der Waals surface area contributed by atoms with Crippen LogP contribution in [0.2, 0.25) is 10.0 Å². The molecule has 0 unspecified atom stereocenters. The molecule has 9 heteroatoms. The maximum Gasteiger partial charge on any atom is 0.218 e. The van der Waals surface area contributed by atoms with Gasteiger partial charge in [-0.05, 0) is 42.0 Å². The molecular weight excluding hydrogens is 479 g/mol. The van der Waals surface area contributed by atoms with E-state index < -0.39 is 14.7 Å². The average molecular weight is 495 g/mol. The quantitative estimate of drug-likeness (QED) is 0.323. The van der Waals surface area contributed by atoms with Gasteiger partial charge in [0.15, 0.2) is 0 Å². The zero-order valence-electron chi connectivity index (χ0n) is 17.1.